The number of amides is 1. The number of carbonyl (C=O) groups excluding carboxylic acids is 2. The van der Waals surface area contributed by atoms with Crippen LogP contribution in [0.3, 0.4) is 0 Å². The van der Waals surface area contributed by atoms with Gasteiger partial charge in [0.1, 0.15) is 11.6 Å². The minimum atomic E-state index is -0.796. The number of benzene rings is 1. The third-order valence-corrected chi connectivity index (χ3v) is 3.32. The molecular weight excluding hydrogens is 318 g/mol. The Kier molecular flexibility index (Phi) is 7.84. The Bertz CT molecular complexity index is 589. The lowest BCUT2D eigenvalue weighted by Crippen LogP contribution is -2.50. The highest BCUT2D eigenvalue weighted by Crippen LogP contribution is 2.12. The lowest BCUT2D eigenvalue weighted by Gasteiger charge is -2.27. The molecule has 0 saturated carbocycles. The van der Waals surface area contributed by atoms with Crippen molar-refractivity contribution in [2.24, 2.45) is 0 Å². The zero-order valence-corrected chi connectivity index (χ0v) is 15.8. The first kappa shape index (κ1) is 20.9. The monoisotopic (exact) mass is 347 g/mol. The molecule has 1 N–H and O–H groups in total. The smallest absolute Gasteiger partial charge is 0.408 e. The number of hydrogen-bond donors (Lipinski definition) is 1. The summed E-state index contributed by atoms with van der Waals surface area (Å²) in [6, 6.07) is 8.86. The highest BCUT2D eigenvalue weighted by molar-refractivity contribution is 5.89. The molecule has 138 valence electrons. The van der Waals surface area contributed by atoms with Gasteiger partial charge in [-0.2, -0.15) is 0 Å². The topological polar surface area (TPSA) is 64.6 Å². The summed E-state index contributed by atoms with van der Waals surface area (Å²) in [5.74, 6) is -0.154. The molecule has 0 saturated heterocycles. The molecule has 2 atom stereocenters. The van der Waals surface area contributed by atoms with Crippen LogP contribution in [0.5, 0.6) is 0 Å². The molecule has 1 aromatic rings. The Morgan fingerprint density at radius 3 is 2.32 bits per heavy atom. The van der Waals surface area contributed by atoms with E-state index in [0.29, 0.717) is 6.61 Å². The number of ketones is 1. The Morgan fingerprint density at radius 1 is 1.20 bits per heavy atom. The molecule has 0 fully saturated rings. The standard InChI is InChI=1S/C20H29NO4/c1-14(2)12-17(22)18(21-19(23)25-20(4,5)6)15(3)24-13-16-10-8-7-9-11-16/h7-11,15,18H,1,12-13H2,2-6H3,(H,21,23)/t15-,18+/m0/s1. The maximum absolute atomic E-state index is 12.5. The molecule has 5 nitrogen and oxygen atoms in total. The number of ether oxygens (including phenoxy) is 2. The van der Waals surface area contributed by atoms with Gasteiger partial charge in [0.15, 0.2) is 5.78 Å². The summed E-state index contributed by atoms with van der Waals surface area (Å²) in [7, 11) is 0. The summed E-state index contributed by atoms with van der Waals surface area (Å²) < 4.78 is 11.1. The van der Waals surface area contributed by atoms with Crippen molar-refractivity contribution in [2.75, 3.05) is 0 Å². The summed E-state index contributed by atoms with van der Waals surface area (Å²) in [5, 5.41) is 2.64. The first-order chi connectivity index (χ1) is 11.6. The van der Waals surface area contributed by atoms with Crippen molar-refractivity contribution < 1.29 is 19.1 Å². The molecule has 1 amide bonds. The minimum Gasteiger partial charge on any atom is -0.444 e. The van der Waals surface area contributed by atoms with Gasteiger partial charge in [-0.15, -0.1) is 0 Å². The number of allylic oxidation sites excluding steroid dienone is 1. The van der Waals surface area contributed by atoms with Gasteiger partial charge < -0.3 is 14.8 Å². The zero-order chi connectivity index (χ0) is 19.0. The third kappa shape index (κ3) is 8.49. The molecule has 0 spiro atoms. The van der Waals surface area contributed by atoms with Gasteiger partial charge in [0.2, 0.25) is 0 Å². The maximum Gasteiger partial charge on any atom is 0.408 e. The van der Waals surface area contributed by atoms with E-state index in [-0.39, 0.29) is 12.2 Å². The first-order valence-electron chi connectivity index (χ1n) is 8.40. The fraction of sp³-hybridized carbons (Fsp3) is 0.500. The number of hydrogen-bond acceptors (Lipinski definition) is 4. The van der Waals surface area contributed by atoms with Crippen LogP contribution in [0, 0.1) is 0 Å². The van der Waals surface area contributed by atoms with E-state index in [2.05, 4.69) is 11.9 Å². The molecular formula is C20H29NO4. The first-order valence-corrected chi connectivity index (χ1v) is 8.40. The summed E-state index contributed by atoms with van der Waals surface area (Å²) in [5.41, 5.74) is 1.09. The molecule has 0 radical (unpaired) electrons. The lowest BCUT2D eigenvalue weighted by atomic mass is 10.0. The molecule has 1 rings (SSSR count). The van der Waals surface area contributed by atoms with E-state index in [4.69, 9.17) is 9.47 Å². The van der Waals surface area contributed by atoms with Crippen LogP contribution >= 0.6 is 0 Å². The van der Waals surface area contributed by atoms with Crippen molar-refractivity contribution in [3.05, 3.63) is 48.0 Å². The van der Waals surface area contributed by atoms with Gasteiger partial charge in [-0.1, -0.05) is 42.5 Å². The SMILES string of the molecule is C=C(C)CC(=O)[C@H](NC(=O)OC(C)(C)C)[C@H](C)OCc1ccccc1. The van der Waals surface area contributed by atoms with E-state index in [9.17, 15) is 9.59 Å². The Balaban J connectivity index is 2.76. The number of alkyl carbamates (subject to hydrolysis) is 1. The Labute approximate surface area is 150 Å². The van der Waals surface area contributed by atoms with E-state index in [0.717, 1.165) is 11.1 Å². The van der Waals surface area contributed by atoms with E-state index in [1.165, 1.54) is 0 Å². The number of rotatable bonds is 8. The van der Waals surface area contributed by atoms with Gasteiger partial charge in [0, 0.05) is 6.42 Å². The van der Waals surface area contributed by atoms with Crippen molar-refractivity contribution in [1.82, 2.24) is 5.32 Å². The number of Topliss-reactive ketones (excluding diaryl/α,β-unsaturated/α-hetero) is 1. The van der Waals surface area contributed by atoms with Crippen LogP contribution in [0.1, 0.15) is 46.6 Å². The van der Waals surface area contributed by atoms with Crippen molar-refractivity contribution >= 4 is 11.9 Å². The summed E-state index contributed by atoms with van der Waals surface area (Å²) in [6.07, 6.45) is -0.957. The van der Waals surface area contributed by atoms with E-state index < -0.39 is 23.8 Å². The summed E-state index contributed by atoms with van der Waals surface area (Å²) >= 11 is 0. The predicted molar refractivity (Wildman–Crippen MR) is 98.3 cm³/mol. The average molecular weight is 347 g/mol. The van der Waals surface area contributed by atoms with Crippen molar-refractivity contribution in [3.63, 3.8) is 0 Å². The van der Waals surface area contributed by atoms with Crippen LogP contribution in [-0.2, 0) is 20.9 Å². The van der Waals surface area contributed by atoms with Crippen molar-refractivity contribution in [1.29, 1.82) is 0 Å². The molecule has 0 aliphatic rings. The van der Waals surface area contributed by atoms with Crippen molar-refractivity contribution in [2.45, 2.75) is 65.4 Å². The van der Waals surface area contributed by atoms with E-state index in [1.807, 2.05) is 30.3 Å². The van der Waals surface area contributed by atoms with Gasteiger partial charge in [-0.05, 0) is 40.2 Å². The maximum atomic E-state index is 12.5. The molecule has 0 aliphatic carbocycles. The average Bonchev–Trinajstić information content (AvgIpc) is 2.48. The third-order valence-electron chi connectivity index (χ3n) is 3.32. The van der Waals surface area contributed by atoms with Crippen LogP contribution in [0.4, 0.5) is 4.79 Å². The Morgan fingerprint density at radius 2 is 1.80 bits per heavy atom. The molecule has 0 unspecified atom stereocenters. The largest absolute Gasteiger partial charge is 0.444 e. The zero-order valence-electron chi connectivity index (χ0n) is 15.8. The van der Waals surface area contributed by atoms with Gasteiger partial charge in [0.25, 0.3) is 0 Å². The second-order valence-electron chi connectivity index (χ2n) is 7.23. The molecule has 0 bridgehead atoms. The van der Waals surface area contributed by atoms with E-state index in [1.54, 1.807) is 34.6 Å². The normalized spacial score (nSPS) is 13.6. The van der Waals surface area contributed by atoms with Crippen LogP contribution in [-0.4, -0.2) is 29.6 Å². The van der Waals surface area contributed by atoms with Gasteiger partial charge in [-0.25, -0.2) is 4.79 Å². The summed E-state index contributed by atoms with van der Waals surface area (Å²) in [6.45, 7) is 13.0. The van der Waals surface area contributed by atoms with Gasteiger partial charge in [0.05, 0.1) is 12.7 Å². The lowest BCUT2D eigenvalue weighted by molar-refractivity contribution is -0.124. The van der Waals surface area contributed by atoms with Gasteiger partial charge in [-0.3, -0.25) is 4.79 Å². The fourth-order valence-electron chi connectivity index (χ4n) is 2.20. The molecule has 25 heavy (non-hydrogen) atoms. The molecule has 1 aromatic carbocycles. The number of carbonyl (C=O) groups is 2. The molecule has 0 aromatic heterocycles. The Hall–Kier alpha value is -2.14. The summed E-state index contributed by atoms with van der Waals surface area (Å²) in [4.78, 5) is 24.6. The van der Waals surface area contributed by atoms with Crippen molar-refractivity contribution in [3.8, 4) is 0 Å². The molecule has 0 aliphatic heterocycles. The van der Waals surface area contributed by atoms with E-state index >= 15 is 0 Å². The van der Waals surface area contributed by atoms with Crippen LogP contribution in [0.2, 0.25) is 0 Å². The minimum absolute atomic E-state index is 0.154. The quantitative estimate of drug-likeness (QED) is 0.721. The second-order valence-corrected chi connectivity index (χ2v) is 7.23. The predicted octanol–water partition coefficient (Wildman–Crippen LogP) is 4.02. The fourth-order valence-corrected chi connectivity index (χ4v) is 2.20. The van der Waals surface area contributed by atoms with Crippen LogP contribution < -0.4 is 5.32 Å². The molecule has 0 heterocycles. The highest BCUT2D eigenvalue weighted by Gasteiger charge is 2.29. The second kappa shape index (κ2) is 9.37. The van der Waals surface area contributed by atoms with Crippen LogP contribution in [0.25, 0.3) is 0 Å². The molecule has 5 heteroatoms. The number of nitrogens with one attached hydrogen (secondary N) is 1. The van der Waals surface area contributed by atoms with Gasteiger partial charge >= 0.3 is 6.09 Å². The van der Waals surface area contributed by atoms with Crippen LogP contribution in [0.15, 0.2) is 42.5 Å². The highest BCUT2D eigenvalue weighted by atomic mass is 16.6.